The van der Waals surface area contributed by atoms with E-state index in [-0.39, 0.29) is 11.5 Å². The Morgan fingerprint density at radius 1 is 0.968 bits per heavy atom. The Bertz CT molecular complexity index is 1320. The number of aromatic nitrogens is 3. The lowest BCUT2D eigenvalue weighted by Gasteiger charge is -2.08. The lowest BCUT2D eigenvalue weighted by Crippen LogP contribution is -2.14. The number of carbonyl (C=O) groups is 2. The molecule has 0 radical (unpaired) electrons. The van der Waals surface area contributed by atoms with Crippen LogP contribution in [0.2, 0.25) is 0 Å². The van der Waals surface area contributed by atoms with E-state index in [1.165, 1.54) is 24.3 Å². The van der Waals surface area contributed by atoms with Gasteiger partial charge in [-0.3, -0.25) is 14.9 Å². The number of amides is 2. The van der Waals surface area contributed by atoms with Crippen LogP contribution >= 0.6 is 11.3 Å². The highest BCUT2D eigenvalue weighted by Gasteiger charge is 2.17. The van der Waals surface area contributed by atoms with E-state index in [0.717, 1.165) is 11.6 Å². The Kier molecular flexibility index (Phi) is 5.43. The van der Waals surface area contributed by atoms with Crippen LogP contribution in [0.3, 0.4) is 0 Å². The first-order chi connectivity index (χ1) is 14.8. The van der Waals surface area contributed by atoms with Crippen LogP contribution in [0.25, 0.3) is 22.3 Å². The zero-order valence-corrected chi connectivity index (χ0v) is 17.8. The van der Waals surface area contributed by atoms with Crippen LogP contribution in [0.15, 0.2) is 41.8 Å². The molecule has 0 saturated carbocycles. The molecule has 156 valence electrons. The lowest BCUT2D eigenvalue weighted by atomic mass is 10.1. The maximum absolute atomic E-state index is 14.1. The van der Waals surface area contributed by atoms with Crippen LogP contribution < -0.4 is 10.6 Å². The molecule has 9 heteroatoms. The van der Waals surface area contributed by atoms with Crippen LogP contribution in [-0.2, 0) is 4.79 Å². The van der Waals surface area contributed by atoms with Crippen molar-refractivity contribution in [3.8, 4) is 11.3 Å². The summed E-state index contributed by atoms with van der Waals surface area (Å²) in [6.45, 7) is 5.02. The van der Waals surface area contributed by atoms with Crippen molar-refractivity contribution in [2.24, 2.45) is 0 Å². The van der Waals surface area contributed by atoms with Crippen LogP contribution in [-0.4, -0.2) is 26.8 Å². The molecule has 2 heterocycles. The predicted octanol–water partition coefficient (Wildman–Crippen LogP) is 4.72. The van der Waals surface area contributed by atoms with Gasteiger partial charge in [0.25, 0.3) is 5.91 Å². The highest BCUT2D eigenvalue weighted by molar-refractivity contribution is 7.14. The van der Waals surface area contributed by atoms with E-state index < -0.39 is 11.7 Å². The topological polar surface area (TPSA) is 96.9 Å². The summed E-state index contributed by atoms with van der Waals surface area (Å²) in [6, 6.07) is 9.61. The van der Waals surface area contributed by atoms with Crippen molar-refractivity contribution in [2.75, 3.05) is 10.6 Å². The summed E-state index contributed by atoms with van der Waals surface area (Å²) in [7, 11) is 0. The molecule has 0 atom stereocenters. The molecule has 0 bridgehead atoms. The first-order valence-corrected chi connectivity index (χ1v) is 10.3. The van der Waals surface area contributed by atoms with Crippen molar-refractivity contribution < 1.29 is 14.0 Å². The number of anilines is 2. The van der Waals surface area contributed by atoms with Crippen molar-refractivity contribution in [1.82, 2.24) is 15.0 Å². The fourth-order valence-electron chi connectivity index (χ4n) is 3.03. The monoisotopic (exact) mass is 435 g/mol. The Morgan fingerprint density at radius 3 is 2.39 bits per heavy atom. The maximum Gasteiger partial charge on any atom is 0.259 e. The third-order valence-corrected chi connectivity index (χ3v) is 5.37. The third kappa shape index (κ3) is 4.41. The minimum absolute atomic E-state index is 0.0991. The number of rotatable bonds is 4. The number of aryl methyl sites for hydroxylation is 2. The summed E-state index contributed by atoms with van der Waals surface area (Å²) >= 11 is 1.25. The van der Waals surface area contributed by atoms with Crippen LogP contribution in [0, 0.1) is 19.7 Å². The average molecular weight is 435 g/mol. The van der Waals surface area contributed by atoms with Gasteiger partial charge in [0.2, 0.25) is 5.91 Å². The van der Waals surface area contributed by atoms with E-state index in [2.05, 4.69) is 25.6 Å². The van der Waals surface area contributed by atoms with Gasteiger partial charge in [0.05, 0.1) is 28.2 Å². The molecule has 0 aliphatic rings. The number of benzene rings is 2. The van der Waals surface area contributed by atoms with Crippen molar-refractivity contribution in [2.45, 2.75) is 20.8 Å². The van der Waals surface area contributed by atoms with E-state index in [9.17, 15) is 14.0 Å². The maximum atomic E-state index is 14.1. The molecule has 0 spiro atoms. The normalized spacial score (nSPS) is 10.8. The van der Waals surface area contributed by atoms with E-state index in [0.29, 0.717) is 38.9 Å². The average Bonchev–Trinajstić information content (AvgIpc) is 3.17. The molecule has 0 aliphatic heterocycles. The van der Waals surface area contributed by atoms with E-state index in [4.69, 9.17) is 0 Å². The highest BCUT2D eigenvalue weighted by Crippen LogP contribution is 2.27. The molecule has 0 fully saturated rings. The zero-order chi connectivity index (χ0) is 22.1. The summed E-state index contributed by atoms with van der Waals surface area (Å²) in [4.78, 5) is 37.2. The van der Waals surface area contributed by atoms with Crippen molar-refractivity contribution in [1.29, 1.82) is 0 Å². The van der Waals surface area contributed by atoms with Crippen molar-refractivity contribution >= 4 is 45.0 Å². The molecule has 4 rings (SSSR count). The summed E-state index contributed by atoms with van der Waals surface area (Å²) in [5.74, 6) is -1.22. The van der Waals surface area contributed by atoms with E-state index in [1.54, 1.807) is 31.4 Å². The summed E-state index contributed by atoms with van der Waals surface area (Å²) in [6.07, 6.45) is 0. The number of hydrogen-bond donors (Lipinski definition) is 2. The van der Waals surface area contributed by atoms with Gasteiger partial charge in [0.15, 0.2) is 5.13 Å². The largest absolute Gasteiger partial charge is 0.326 e. The second-order valence-electron chi connectivity index (χ2n) is 6.97. The number of thiazole rings is 1. The highest BCUT2D eigenvalue weighted by atomic mass is 32.1. The lowest BCUT2D eigenvalue weighted by molar-refractivity contribution is -0.114. The van der Waals surface area contributed by atoms with Gasteiger partial charge in [-0.25, -0.2) is 19.3 Å². The molecule has 0 unspecified atom stereocenters. The molecule has 2 aromatic carbocycles. The molecule has 4 aromatic rings. The predicted molar refractivity (Wildman–Crippen MR) is 119 cm³/mol. The molecular formula is C22H18FN5O2S. The fourth-order valence-corrected chi connectivity index (χ4v) is 3.74. The van der Waals surface area contributed by atoms with Gasteiger partial charge in [-0.2, -0.15) is 0 Å². The Labute approximate surface area is 181 Å². The fraction of sp³-hybridized carbons (Fsp3) is 0.136. The van der Waals surface area contributed by atoms with Gasteiger partial charge in [0.1, 0.15) is 11.3 Å². The third-order valence-electron chi connectivity index (χ3n) is 4.62. The minimum Gasteiger partial charge on any atom is -0.326 e. The number of halogens is 1. The second-order valence-corrected chi connectivity index (χ2v) is 7.82. The zero-order valence-electron chi connectivity index (χ0n) is 17.0. The number of hydrogen-bond acceptors (Lipinski definition) is 6. The molecule has 2 amide bonds. The second kappa shape index (κ2) is 8.19. The first kappa shape index (κ1) is 20.5. The Balaban J connectivity index is 1.58. The molecule has 7 nitrogen and oxygen atoms in total. The summed E-state index contributed by atoms with van der Waals surface area (Å²) in [5, 5.41) is 7.60. The van der Waals surface area contributed by atoms with Crippen LogP contribution in [0.5, 0.6) is 0 Å². The number of carbonyl (C=O) groups excluding carboxylic acids is 2. The first-order valence-electron chi connectivity index (χ1n) is 9.39. The van der Waals surface area contributed by atoms with Crippen molar-refractivity contribution in [3.63, 3.8) is 0 Å². The van der Waals surface area contributed by atoms with Gasteiger partial charge in [0, 0.05) is 29.6 Å². The Morgan fingerprint density at radius 2 is 1.68 bits per heavy atom. The molecule has 2 aromatic heterocycles. The van der Waals surface area contributed by atoms with Crippen LogP contribution in [0.4, 0.5) is 15.2 Å². The standard InChI is InChI=1S/C22H18FN5O2S/c1-11-12(2)25-20-17(8-15(23)9-18(20)24-11)21(30)28-22-27-19(10-31-22)14-4-6-16(7-5-14)26-13(3)29/h4-10H,1-3H3,(H,26,29)(H,27,28,30). The molecule has 2 N–H and O–H groups in total. The minimum atomic E-state index is -0.561. The van der Waals surface area contributed by atoms with Gasteiger partial charge >= 0.3 is 0 Å². The van der Waals surface area contributed by atoms with Gasteiger partial charge < -0.3 is 5.32 Å². The smallest absolute Gasteiger partial charge is 0.259 e. The summed E-state index contributed by atoms with van der Waals surface area (Å²) in [5.41, 5.74) is 4.31. The molecule has 31 heavy (non-hydrogen) atoms. The van der Waals surface area contributed by atoms with Gasteiger partial charge in [-0.05, 0) is 32.0 Å². The van der Waals surface area contributed by atoms with Gasteiger partial charge in [-0.15, -0.1) is 11.3 Å². The van der Waals surface area contributed by atoms with E-state index >= 15 is 0 Å². The SMILES string of the molecule is CC(=O)Nc1ccc(-c2csc(NC(=O)c3cc(F)cc4nc(C)c(C)nc34)n2)cc1. The molecular weight excluding hydrogens is 417 g/mol. The van der Waals surface area contributed by atoms with Crippen molar-refractivity contribution in [3.05, 3.63) is 64.5 Å². The number of fused-ring (bicyclic) bond motifs is 1. The number of nitrogens with one attached hydrogen (secondary N) is 2. The summed E-state index contributed by atoms with van der Waals surface area (Å²) < 4.78 is 14.1. The van der Waals surface area contributed by atoms with Gasteiger partial charge in [-0.1, -0.05) is 12.1 Å². The number of nitrogens with zero attached hydrogens (tertiary/aromatic N) is 3. The quantitative estimate of drug-likeness (QED) is 0.483. The van der Waals surface area contributed by atoms with Crippen LogP contribution in [0.1, 0.15) is 28.7 Å². The molecule has 0 aliphatic carbocycles. The Hall–Kier alpha value is -3.72. The molecule has 0 saturated heterocycles. The van der Waals surface area contributed by atoms with E-state index in [1.807, 2.05) is 12.1 Å².